The highest BCUT2D eigenvalue weighted by molar-refractivity contribution is 8.01. The maximum absolute atomic E-state index is 14.1. The summed E-state index contributed by atoms with van der Waals surface area (Å²) < 4.78 is 11.4. The highest BCUT2D eigenvalue weighted by Crippen LogP contribution is 2.56. The smallest absolute Gasteiger partial charge is 0.410 e. The number of amides is 2. The number of pyridine rings is 1. The lowest BCUT2D eigenvalue weighted by Gasteiger charge is -2.41. The number of rotatable bonds is 5. The van der Waals surface area contributed by atoms with Crippen molar-refractivity contribution in [3.8, 4) is 5.88 Å². The number of nitrogens with zero attached hydrogens (tertiary/aromatic N) is 2. The standard InChI is InChI=1S/C31H40N6O5S/c1-30(2,3)42-29(40)37-13-5-6-17(15-37)36-28(39)26-23-22-19(10-11-20(32)25(22)43-26)31(34,27(38)24(23)33)16-9-12-21(35-14-16)41-18-7-4-8-18/h9-12,14,17-18,23-24,26H,4-8,13,15,32-34H2,1-3H3,(H,36,39)/t17-,23?,24?,26?,31?/m1/s1. The lowest BCUT2D eigenvalue weighted by molar-refractivity contribution is -0.126. The molecule has 1 aromatic carbocycles. The third-order valence-corrected chi connectivity index (χ3v) is 10.3. The number of anilines is 1. The van der Waals surface area contributed by atoms with Crippen molar-refractivity contribution in [2.24, 2.45) is 11.5 Å². The topological polar surface area (TPSA) is 176 Å². The van der Waals surface area contributed by atoms with Crippen molar-refractivity contribution in [1.29, 1.82) is 0 Å². The minimum atomic E-state index is -1.56. The molecule has 2 aliphatic carbocycles. The molecule has 230 valence electrons. The second kappa shape index (κ2) is 11.0. The molecule has 11 nitrogen and oxygen atoms in total. The minimum absolute atomic E-state index is 0.171. The number of piperidine rings is 1. The van der Waals surface area contributed by atoms with Crippen LogP contribution in [-0.4, -0.2) is 69.8 Å². The minimum Gasteiger partial charge on any atom is -0.474 e. The van der Waals surface area contributed by atoms with Gasteiger partial charge in [0.1, 0.15) is 17.2 Å². The van der Waals surface area contributed by atoms with Crippen molar-refractivity contribution >= 4 is 35.2 Å². The fourth-order valence-corrected chi connectivity index (χ4v) is 7.89. The van der Waals surface area contributed by atoms with Gasteiger partial charge in [0.15, 0.2) is 5.78 Å². The number of likely N-dealkylation sites (tertiary alicyclic amines) is 1. The fraction of sp³-hybridized carbons (Fsp3) is 0.548. The highest BCUT2D eigenvalue weighted by atomic mass is 32.2. The molecule has 1 saturated heterocycles. The number of benzene rings is 1. The molecule has 4 aliphatic rings. The van der Waals surface area contributed by atoms with E-state index in [1.54, 1.807) is 35.4 Å². The third-order valence-electron chi connectivity index (χ3n) is 8.84. The Hall–Kier alpha value is -3.35. The van der Waals surface area contributed by atoms with E-state index in [-0.39, 0.29) is 23.8 Å². The molecule has 2 aliphatic heterocycles. The van der Waals surface area contributed by atoms with E-state index < -0.39 is 34.4 Å². The summed E-state index contributed by atoms with van der Waals surface area (Å²) in [7, 11) is 0. The Morgan fingerprint density at radius 1 is 1.14 bits per heavy atom. The lowest BCUT2D eigenvalue weighted by Crippen LogP contribution is -2.61. The first-order chi connectivity index (χ1) is 20.4. The van der Waals surface area contributed by atoms with E-state index in [0.717, 1.165) is 42.6 Å². The van der Waals surface area contributed by atoms with Crippen molar-refractivity contribution in [3.63, 3.8) is 0 Å². The van der Waals surface area contributed by atoms with Crippen LogP contribution >= 0.6 is 11.8 Å². The van der Waals surface area contributed by atoms with Crippen LogP contribution in [0.3, 0.4) is 0 Å². The van der Waals surface area contributed by atoms with E-state index in [0.29, 0.717) is 35.8 Å². The maximum Gasteiger partial charge on any atom is 0.410 e. The van der Waals surface area contributed by atoms with E-state index in [2.05, 4.69) is 10.3 Å². The summed E-state index contributed by atoms with van der Waals surface area (Å²) >= 11 is 1.32. The van der Waals surface area contributed by atoms with Crippen LogP contribution in [0.25, 0.3) is 0 Å². The second-order valence-electron chi connectivity index (χ2n) is 13.0. The van der Waals surface area contributed by atoms with Crippen LogP contribution in [0.2, 0.25) is 0 Å². The van der Waals surface area contributed by atoms with E-state index in [9.17, 15) is 14.4 Å². The summed E-state index contributed by atoms with van der Waals surface area (Å²) in [4.78, 5) is 47.3. The molecular formula is C31H40N6O5S. The van der Waals surface area contributed by atoms with Crippen LogP contribution in [0.1, 0.15) is 75.5 Å². The number of nitrogens with one attached hydrogen (secondary N) is 1. The van der Waals surface area contributed by atoms with Crippen LogP contribution in [0.15, 0.2) is 35.4 Å². The Bertz CT molecular complexity index is 1440. The Kier molecular flexibility index (Phi) is 7.58. The van der Waals surface area contributed by atoms with Crippen LogP contribution in [0, 0.1) is 0 Å². The van der Waals surface area contributed by atoms with E-state index in [1.165, 1.54) is 11.8 Å². The summed E-state index contributed by atoms with van der Waals surface area (Å²) in [5.41, 5.74) is 20.2. The molecule has 1 aromatic heterocycles. The first-order valence-electron chi connectivity index (χ1n) is 15.0. The van der Waals surface area contributed by atoms with Gasteiger partial charge >= 0.3 is 6.09 Å². The summed E-state index contributed by atoms with van der Waals surface area (Å²) in [6.45, 7) is 6.37. The number of hydrogen-bond donors (Lipinski definition) is 4. The van der Waals surface area contributed by atoms with Gasteiger partial charge in [-0.15, -0.1) is 11.8 Å². The van der Waals surface area contributed by atoms with Crippen LogP contribution in [-0.2, 0) is 19.9 Å². The normalized spacial score (nSPS) is 28.6. The Labute approximate surface area is 255 Å². The van der Waals surface area contributed by atoms with Crippen molar-refractivity contribution in [2.45, 2.75) is 98.3 Å². The average Bonchev–Trinajstić information content (AvgIpc) is 3.35. The summed E-state index contributed by atoms with van der Waals surface area (Å²) in [6, 6.07) is 5.70. The van der Waals surface area contributed by atoms with Crippen LogP contribution in [0.5, 0.6) is 5.88 Å². The zero-order valence-electron chi connectivity index (χ0n) is 24.8. The first kappa shape index (κ1) is 29.7. The van der Waals surface area contributed by atoms with Crippen molar-refractivity contribution in [3.05, 3.63) is 47.2 Å². The molecule has 7 N–H and O–H groups in total. The number of carbonyl (C=O) groups excluding carboxylic acids is 3. The average molecular weight is 609 g/mol. The molecule has 2 fully saturated rings. The quantitative estimate of drug-likeness (QED) is 0.369. The zero-order valence-corrected chi connectivity index (χ0v) is 25.6. The molecule has 12 heteroatoms. The summed E-state index contributed by atoms with van der Waals surface area (Å²) in [5, 5.41) is 2.43. The Morgan fingerprint density at radius 3 is 2.56 bits per heavy atom. The number of ketones is 1. The van der Waals surface area contributed by atoms with Gasteiger partial charge < -0.3 is 36.9 Å². The summed E-state index contributed by atoms with van der Waals surface area (Å²) in [6.07, 6.45) is 5.96. The molecule has 5 atom stereocenters. The third kappa shape index (κ3) is 5.33. The van der Waals surface area contributed by atoms with Gasteiger partial charge in [0.05, 0.1) is 11.3 Å². The van der Waals surface area contributed by atoms with Gasteiger partial charge in [-0.2, -0.15) is 0 Å². The molecule has 2 aromatic rings. The van der Waals surface area contributed by atoms with E-state index >= 15 is 0 Å². The number of carbonyl (C=O) groups is 3. The number of ether oxygens (including phenoxy) is 2. The zero-order chi connectivity index (χ0) is 30.7. The molecule has 0 bridgehead atoms. The molecule has 4 unspecified atom stereocenters. The maximum atomic E-state index is 14.1. The summed E-state index contributed by atoms with van der Waals surface area (Å²) in [5.74, 6) is -0.753. The Morgan fingerprint density at radius 2 is 1.91 bits per heavy atom. The number of Topliss-reactive ketones (excluding diaryl/α,β-unsaturated/α-hetero) is 1. The first-order valence-corrected chi connectivity index (χ1v) is 15.8. The van der Waals surface area contributed by atoms with Gasteiger partial charge in [0, 0.05) is 53.5 Å². The van der Waals surface area contributed by atoms with Crippen LogP contribution in [0.4, 0.5) is 10.5 Å². The SMILES string of the molecule is CC(C)(C)OC(=O)N1CCC[C@@H](NC(=O)C2Sc3c(N)ccc4c3C2C(N)C(=O)C4(N)c2ccc(OC3CCC3)nc2)C1. The lowest BCUT2D eigenvalue weighted by atomic mass is 9.65. The van der Waals surface area contributed by atoms with Crippen molar-refractivity contribution < 1.29 is 23.9 Å². The van der Waals surface area contributed by atoms with Gasteiger partial charge in [-0.05, 0) is 76.1 Å². The van der Waals surface area contributed by atoms with Gasteiger partial charge in [0.2, 0.25) is 11.8 Å². The largest absolute Gasteiger partial charge is 0.474 e. The molecule has 43 heavy (non-hydrogen) atoms. The van der Waals surface area contributed by atoms with Crippen molar-refractivity contribution in [2.75, 3.05) is 18.8 Å². The van der Waals surface area contributed by atoms with E-state index in [1.807, 2.05) is 20.8 Å². The van der Waals surface area contributed by atoms with Crippen molar-refractivity contribution in [1.82, 2.24) is 15.2 Å². The van der Waals surface area contributed by atoms with Crippen LogP contribution < -0.4 is 27.3 Å². The predicted octanol–water partition coefficient (Wildman–Crippen LogP) is 2.78. The molecule has 6 rings (SSSR count). The highest BCUT2D eigenvalue weighted by Gasteiger charge is 2.57. The number of nitrogen functional groups attached to an aromatic ring is 1. The molecule has 0 radical (unpaired) electrons. The number of nitrogens with two attached hydrogens (primary N) is 3. The molecule has 0 spiro atoms. The predicted molar refractivity (Wildman–Crippen MR) is 163 cm³/mol. The van der Waals surface area contributed by atoms with Gasteiger partial charge in [-0.1, -0.05) is 6.07 Å². The van der Waals surface area contributed by atoms with Gasteiger partial charge in [-0.25, -0.2) is 9.78 Å². The molecule has 2 amide bonds. The number of thioether (sulfide) groups is 1. The van der Waals surface area contributed by atoms with Gasteiger partial charge in [0.25, 0.3) is 0 Å². The Balaban J connectivity index is 1.24. The molecule has 3 heterocycles. The number of aromatic nitrogens is 1. The monoisotopic (exact) mass is 608 g/mol. The molecular weight excluding hydrogens is 568 g/mol. The van der Waals surface area contributed by atoms with Gasteiger partial charge in [-0.3, -0.25) is 9.59 Å². The number of hydrogen-bond acceptors (Lipinski definition) is 10. The fourth-order valence-electron chi connectivity index (χ4n) is 6.43. The molecule has 1 saturated carbocycles. The van der Waals surface area contributed by atoms with E-state index in [4.69, 9.17) is 26.7 Å². The second-order valence-corrected chi connectivity index (χ2v) is 14.2.